The highest BCUT2D eigenvalue weighted by atomic mass is 35.5. The minimum absolute atomic E-state index is 0. The Balaban J connectivity index is 0.00000300. The van der Waals surface area contributed by atoms with Gasteiger partial charge in [0, 0.05) is 5.92 Å². The third kappa shape index (κ3) is 6.74. The zero-order valence-electron chi connectivity index (χ0n) is 17.0. The van der Waals surface area contributed by atoms with Gasteiger partial charge in [0.15, 0.2) is 0 Å². The van der Waals surface area contributed by atoms with Crippen molar-refractivity contribution >= 4 is 18.4 Å². The van der Waals surface area contributed by atoms with Crippen LogP contribution in [0.15, 0.2) is 54.6 Å². The van der Waals surface area contributed by atoms with Crippen LogP contribution in [0.2, 0.25) is 0 Å². The summed E-state index contributed by atoms with van der Waals surface area (Å²) in [6, 6.07) is 17.5. The molecule has 0 spiro atoms. The maximum absolute atomic E-state index is 12.2. The van der Waals surface area contributed by atoms with Crippen LogP contribution in [0.25, 0.3) is 0 Å². The molecule has 2 aromatic carbocycles. The van der Waals surface area contributed by atoms with Gasteiger partial charge in [0.05, 0.1) is 13.2 Å². The molecule has 3 rings (SSSR count). The first-order chi connectivity index (χ1) is 13.5. The van der Waals surface area contributed by atoms with Gasteiger partial charge in [-0.15, -0.1) is 12.4 Å². The lowest BCUT2D eigenvalue weighted by Gasteiger charge is -2.31. The quantitative estimate of drug-likeness (QED) is 0.748. The van der Waals surface area contributed by atoms with E-state index in [0.717, 1.165) is 24.2 Å². The number of cyclic esters (lactones) is 1. The van der Waals surface area contributed by atoms with Gasteiger partial charge in [-0.2, -0.15) is 0 Å². The molecule has 1 aliphatic heterocycles. The number of carbonyl (C=O) groups is 1. The lowest BCUT2D eigenvalue weighted by Crippen LogP contribution is -2.43. The molecule has 1 saturated heterocycles. The number of nitrogens with two attached hydrogens (primary N) is 1. The first-order valence-corrected chi connectivity index (χ1v) is 9.84. The van der Waals surface area contributed by atoms with E-state index in [-0.39, 0.29) is 31.0 Å². The summed E-state index contributed by atoms with van der Waals surface area (Å²) in [4.78, 5) is 12.2. The van der Waals surface area contributed by atoms with Gasteiger partial charge in [-0.3, -0.25) is 4.79 Å². The van der Waals surface area contributed by atoms with Crippen LogP contribution in [-0.2, 0) is 20.7 Å². The molecule has 0 bridgehead atoms. The van der Waals surface area contributed by atoms with Crippen LogP contribution < -0.4 is 10.5 Å². The molecule has 0 unspecified atom stereocenters. The standard InChI is InChI=1S/C23H29NO4.ClH/c1-16-8-12-20(13-9-16)28-22-17(2)27-23(25)21(24)15-26-14-19(22)11-10-18-6-4-3-5-7-18;/h3-9,12-13,17,19,21-22H,10-11,14-15,24H2,1-2H3;1H/t17-,19-,21-,22-;/m0./s1. The van der Waals surface area contributed by atoms with E-state index in [0.29, 0.717) is 6.61 Å². The van der Waals surface area contributed by atoms with Gasteiger partial charge in [0.2, 0.25) is 0 Å². The number of aryl methyl sites for hydroxylation is 2. The van der Waals surface area contributed by atoms with E-state index >= 15 is 0 Å². The molecule has 0 aliphatic carbocycles. The highest BCUT2D eigenvalue weighted by Gasteiger charge is 2.34. The molecular formula is C23H30ClNO4. The topological polar surface area (TPSA) is 70.8 Å². The largest absolute Gasteiger partial charge is 0.486 e. The minimum Gasteiger partial charge on any atom is -0.486 e. The number of carbonyl (C=O) groups excluding carboxylic acids is 1. The zero-order chi connectivity index (χ0) is 19.9. The molecule has 5 nitrogen and oxygen atoms in total. The molecule has 29 heavy (non-hydrogen) atoms. The molecular weight excluding hydrogens is 390 g/mol. The number of hydrogen-bond donors (Lipinski definition) is 1. The van der Waals surface area contributed by atoms with Gasteiger partial charge in [-0.1, -0.05) is 48.0 Å². The average molecular weight is 420 g/mol. The Morgan fingerprint density at radius 1 is 1.07 bits per heavy atom. The second-order valence-corrected chi connectivity index (χ2v) is 7.47. The molecule has 1 fully saturated rings. The molecule has 0 radical (unpaired) electrons. The molecule has 0 saturated carbocycles. The predicted octanol–water partition coefficient (Wildman–Crippen LogP) is 3.70. The molecule has 4 atom stereocenters. The fraction of sp³-hybridized carbons (Fsp3) is 0.435. The first-order valence-electron chi connectivity index (χ1n) is 9.84. The highest BCUT2D eigenvalue weighted by molar-refractivity contribution is 5.85. The van der Waals surface area contributed by atoms with Gasteiger partial charge < -0.3 is 19.9 Å². The molecule has 1 aliphatic rings. The van der Waals surface area contributed by atoms with Crippen molar-refractivity contribution in [1.29, 1.82) is 0 Å². The van der Waals surface area contributed by atoms with Crippen molar-refractivity contribution in [3.63, 3.8) is 0 Å². The fourth-order valence-corrected chi connectivity index (χ4v) is 3.44. The van der Waals surface area contributed by atoms with E-state index in [1.54, 1.807) is 0 Å². The van der Waals surface area contributed by atoms with Gasteiger partial charge in [-0.25, -0.2) is 0 Å². The summed E-state index contributed by atoms with van der Waals surface area (Å²) in [7, 11) is 0. The number of halogens is 1. The summed E-state index contributed by atoms with van der Waals surface area (Å²) in [5.41, 5.74) is 8.29. The minimum atomic E-state index is -0.768. The number of hydrogen-bond acceptors (Lipinski definition) is 5. The summed E-state index contributed by atoms with van der Waals surface area (Å²) in [6.07, 6.45) is 1.01. The van der Waals surface area contributed by atoms with Crippen LogP contribution in [0.3, 0.4) is 0 Å². The summed E-state index contributed by atoms with van der Waals surface area (Å²) in [5, 5.41) is 0. The number of rotatable bonds is 5. The third-order valence-electron chi connectivity index (χ3n) is 5.10. The summed E-state index contributed by atoms with van der Waals surface area (Å²) < 4.78 is 17.7. The third-order valence-corrected chi connectivity index (χ3v) is 5.10. The summed E-state index contributed by atoms with van der Waals surface area (Å²) >= 11 is 0. The lowest BCUT2D eigenvalue weighted by molar-refractivity contribution is -0.155. The Morgan fingerprint density at radius 2 is 1.76 bits per heavy atom. The Hall–Kier alpha value is -2.08. The van der Waals surface area contributed by atoms with Gasteiger partial charge in [-0.05, 0) is 44.4 Å². The fourth-order valence-electron chi connectivity index (χ4n) is 3.44. The Labute approximate surface area is 178 Å². The van der Waals surface area contributed by atoms with Crippen LogP contribution in [0.1, 0.15) is 24.5 Å². The van der Waals surface area contributed by atoms with E-state index < -0.39 is 18.1 Å². The van der Waals surface area contributed by atoms with E-state index in [2.05, 4.69) is 12.1 Å². The van der Waals surface area contributed by atoms with Crippen LogP contribution >= 0.6 is 12.4 Å². The van der Waals surface area contributed by atoms with Crippen LogP contribution in [-0.4, -0.2) is 37.4 Å². The molecule has 2 N–H and O–H groups in total. The van der Waals surface area contributed by atoms with Crippen LogP contribution in [0.5, 0.6) is 5.75 Å². The van der Waals surface area contributed by atoms with Crippen molar-refractivity contribution in [3.8, 4) is 5.75 Å². The molecule has 2 aromatic rings. The molecule has 0 amide bonds. The Bertz CT molecular complexity index is 753. The number of ether oxygens (including phenoxy) is 3. The molecule has 158 valence electrons. The summed E-state index contributed by atoms with van der Waals surface area (Å²) in [6.45, 7) is 4.53. The Kier molecular flexibility index (Phi) is 8.96. The van der Waals surface area contributed by atoms with Gasteiger partial charge >= 0.3 is 5.97 Å². The first kappa shape index (κ1) is 23.2. The summed E-state index contributed by atoms with van der Waals surface area (Å²) in [5.74, 6) is 0.370. The predicted molar refractivity (Wildman–Crippen MR) is 115 cm³/mol. The normalized spacial score (nSPS) is 25.0. The van der Waals surface area contributed by atoms with E-state index in [1.165, 1.54) is 5.56 Å². The second-order valence-electron chi connectivity index (χ2n) is 7.47. The van der Waals surface area contributed by atoms with E-state index in [4.69, 9.17) is 19.9 Å². The smallest absolute Gasteiger partial charge is 0.325 e. The average Bonchev–Trinajstić information content (AvgIpc) is 2.74. The second kappa shape index (κ2) is 11.2. The number of esters is 1. The van der Waals surface area contributed by atoms with Crippen molar-refractivity contribution in [1.82, 2.24) is 0 Å². The molecule has 6 heteroatoms. The van der Waals surface area contributed by atoms with E-state index in [9.17, 15) is 4.79 Å². The van der Waals surface area contributed by atoms with E-state index in [1.807, 2.05) is 56.3 Å². The van der Waals surface area contributed by atoms with Gasteiger partial charge in [0.1, 0.15) is 24.0 Å². The monoisotopic (exact) mass is 419 g/mol. The van der Waals surface area contributed by atoms with Gasteiger partial charge in [0.25, 0.3) is 0 Å². The van der Waals surface area contributed by atoms with Crippen LogP contribution in [0, 0.1) is 12.8 Å². The lowest BCUT2D eigenvalue weighted by atomic mass is 9.92. The highest BCUT2D eigenvalue weighted by Crippen LogP contribution is 2.25. The molecule has 0 aromatic heterocycles. The Morgan fingerprint density at radius 3 is 2.45 bits per heavy atom. The zero-order valence-corrected chi connectivity index (χ0v) is 17.8. The van der Waals surface area contributed by atoms with Crippen LogP contribution in [0.4, 0.5) is 0 Å². The maximum Gasteiger partial charge on any atom is 0.325 e. The molecule has 1 heterocycles. The SMILES string of the molecule is Cc1ccc(O[C@@H]2[C@@H](CCc3ccccc3)COC[C@H](N)C(=O)O[C@H]2C)cc1.Cl. The van der Waals surface area contributed by atoms with Crippen molar-refractivity contribution in [2.24, 2.45) is 11.7 Å². The van der Waals surface area contributed by atoms with Crippen molar-refractivity contribution in [3.05, 3.63) is 65.7 Å². The number of benzene rings is 2. The maximum atomic E-state index is 12.2. The van der Waals surface area contributed by atoms with Crippen molar-refractivity contribution < 1.29 is 19.0 Å². The van der Waals surface area contributed by atoms with Crippen molar-refractivity contribution in [2.45, 2.75) is 44.9 Å². The van der Waals surface area contributed by atoms with Crippen molar-refractivity contribution in [2.75, 3.05) is 13.2 Å².